The molecule has 214 valence electrons. The molecule has 1 aliphatic rings. The number of ether oxygens (including phenoxy) is 3. The minimum atomic E-state index is -1.05. The van der Waals surface area contributed by atoms with Crippen LogP contribution in [0.1, 0.15) is 37.8 Å². The fraction of sp³-hybridized carbons (Fsp3) is 0.235. The summed E-state index contributed by atoms with van der Waals surface area (Å²) in [6, 6.07) is 27.1. The van der Waals surface area contributed by atoms with Gasteiger partial charge in [0.25, 0.3) is 5.24 Å². The third-order valence-electron chi connectivity index (χ3n) is 7.31. The molecule has 1 N–H and O–H groups in total. The van der Waals surface area contributed by atoms with Gasteiger partial charge in [0.15, 0.2) is 0 Å². The first kappa shape index (κ1) is 27.7. The molecule has 1 fully saturated rings. The molecule has 7 nitrogen and oxygen atoms in total. The van der Waals surface area contributed by atoms with Crippen molar-refractivity contribution in [2.75, 3.05) is 13.2 Å². The Bertz CT molecular complexity index is 1780. The molecular formula is C34H31NO6S. The van der Waals surface area contributed by atoms with Crippen molar-refractivity contribution < 1.29 is 28.2 Å². The average Bonchev–Trinajstić information content (AvgIpc) is 3.49. The molecule has 0 radical (unpaired) electrons. The molecular weight excluding hydrogens is 550 g/mol. The number of aryl methyl sites for hydroxylation is 1. The molecule has 1 amide bonds. The van der Waals surface area contributed by atoms with Gasteiger partial charge in [-0.15, -0.1) is 0 Å². The van der Waals surface area contributed by atoms with Crippen molar-refractivity contribution in [2.24, 2.45) is 0 Å². The molecule has 1 aliphatic heterocycles. The van der Waals surface area contributed by atoms with E-state index in [1.807, 2.05) is 72.8 Å². The molecule has 8 heteroatoms. The van der Waals surface area contributed by atoms with Gasteiger partial charge in [0, 0.05) is 29.0 Å². The van der Waals surface area contributed by atoms with E-state index in [1.165, 1.54) is 0 Å². The van der Waals surface area contributed by atoms with Gasteiger partial charge in [0.2, 0.25) is 5.12 Å². The summed E-state index contributed by atoms with van der Waals surface area (Å²) >= 11 is 0.699. The molecule has 0 saturated carbocycles. The first-order valence-corrected chi connectivity index (χ1v) is 14.9. The van der Waals surface area contributed by atoms with Crippen molar-refractivity contribution in [3.63, 3.8) is 0 Å². The molecule has 0 bridgehead atoms. The topological polar surface area (TPSA) is 87.0 Å². The highest BCUT2D eigenvalue weighted by Gasteiger charge is 2.44. The molecule has 1 aromatic heterocycles. The molecule has 42 heavy (non-hydrogen) atoms. The summed E-state index contributed by atoms with van der Waals surface area (Å²) < 4.78 is 24.2. The molecule has 6 rings (SSSR count). The first-order valence-electron chi connectivity index (χ1n) is 14.1. The zero-order valence-corrected chi connectivity index (χ0v) is 24.3. The lowest BCUT2D eigenvalue weighted by Crippen LogP contribution is -2.39. The SMILES string of the molecule is CCCc1cc(Oc2ccc3oc4ccccc4c3c2)ccc1OCCCOc1cccc(C2(C)NC(=O)SC2=O)c1. The average molecular weight is 582 g/mol. The monoisotopic (exact) mass is 581 g/mol. The summed E-state index contributed by atoms with van der Waals surface area (Å²) in [6.07, 6.45) is 2.52. The quantitative estimate of drug-likeness (QED) is 0.157. The molecule has 1 saturated heterocycles. The maximum Gasteiger partial charge on any atom is 0.287 e. The van der Waals surface area contributed by atoms with Crippen LogP contribution >= 0.6 is 11.8 Å². The van der Waals surface area contributed by atoms with Crippen LogP contribution in [0.5, 0.6) is 23.0 Å². The third-order valence-corrected chi connectivity index (χ3v) is 8.19. The lowest BCUT2D eigenvalue weighted by molar-refractivity contribution is -0.115. The smallest absolute Gasteiger partial charge is 0.287 e. The Hall–Kier alpha value is -4.43. The highest BCUT2D eigenvalue weighted by atomic mass is 32.2. The Kier molecular flexibility index (Phi) is 7.80. The van der Waals surface area contributed by atoms with Crippen molar-refractivity contribution in [3.8, 4) is 23.0 Å². The lowest BCUT2D eigenvalue weighted by Gasteiger charge is -2.22. The number of hydrogen-bond acceptors (Lipinski definition) is 7. The Labute approximate surface area is 248 Å². The van der Waals surface area contributed by atoms with E-state index in [1.54, 1.807) is 13.0 Å². The van der Waals surface area contributed by atoms with Crippen molar-refractivity contribution >= 4 is 44.1 Å². The second-order valence-corrected chi connectivity index (χ2v) is 11.3. The Morgan fingerprint density at radius 2 is 1.60 bits per heavy atom. The van der Waals surface area contributed by atoms with E-state index in [-0.39, 0.29) is 10.4 Å². The van der Waals surface area contributed by atoms with E-state index in [9.17, 15) is 9.59 Å². The minimum Gasteiger partial charge on any atom is -0.493 e. The molecule has 4 aromatic carbocycles. The van der Waals surface area contributed by atoms with Crippen LogP contribution in [0.2, 0.25) is 0 Å². The predicted octanol–water partition coefficient (Wildman–Crippen LogP) is 8.38. The Morgan fingerprint density at radius 1 is 0.810 bits per heavy atom. The van der Waals surface area contributed by atoms with Crippen LogP contribution in [0.4, 0.5) is 4.79 Å². The molecule has 1 atom stereocenters. The van der Waals surface area contributed by atoms with Crippen LogP contribution in [0.25, 0.3) is 21.9 Å². The number of benzene rings is 4. The Morgan fingerprint density at radius 3 is 2.43 bits per heavy atom. The van der Waals surface area contributed by atoms with E-state index >= 15 is 0 Å². The zero-order chi connectivity index (χ0) is 29.1. The number of para-hydroxylation sites is 1. The van der Waals surface area contributed by atoms with Crippen LogP contribution < -0.4 is 19.5 Å². The molecule has 5 aromatic rings. The van der Waals surface area contributed by atoms with Gasteiger partial charge >= 0.3 is 0 Å². The van der Waals surface area contributed by atoms with Crippen LogP contribution in [0.15, 0.2) is 89.3 Å². The maximum absolute atomic E-state index is 12.3. The number of carbonyl (C=O) groups is 2. The number of nitrogens with one attached hydrogen (secondary N) is 1. The largest absolute Gasteiger partial charge is 0.493 e. The van der Waals surface area contributed by atoms with Gasteiger partial charge in [-0.3, -0.25) is 9.59 Å². The van der Waals surface area contributed by atoms with Crippen LogP contribution in [0.3, 0.4) is 0 Å². The summed E-state index contributed by atoms with van der Waals surface area (Å²) in [7, 11) is 0. The zero-order valence-electron chi connectivity index (χ0n) is 23.5. The van der Waals surface area contributed by atoms with Gasteiger partial charge in [-0.05, 0) is 79.1 Å². The maximum atomic E-state index is 12.3. The van der Waals surface area contributed by atoms with Crippen molar-refractivity contribution in [1.29, 1.82) is 0 Å². The van der Waals surface area contributed by atoms with E-state index in [4.69, 9.17) is 18.6 Å². The summed E-state index contributed by atoms with van der Waals surface area (Å²) in [5, 5.41) is 4.29. The van der Waals surface area contributed by atoms with E-state index in [0.717, 1.165) is 57.6 Å². The molecule has 0 aliphatic carbocycles. The van der Waals surface area contributed by atoms with Crippen molar-refractivity contribution in [3.05, 3.63) is 96.1 Å². The van der Waals surface area contributed by atoms with Gasteiger partial charge in [-0.25, -0.2) is 0 Å². The Balaban J connectivity index is 1.06. The lowest BCUT2D eigenvalue weighted by atomic mass is 9.93. The third kappa shape index (κ3) is 5.67. The van der Waals surface area contributed by atoms with E-state index in [0.29, 0.717) is 42.7 Å². The number of furan rings is 1. The van der Waals surface area contributed by atoms with Gasteiger partial charge < -0.3 is 23.9 Å². The summed E-state index contributed by atoms with van der Waals surface area (Å²) in [6.45, 7) is 4.79. The predicted molar refractivity (Wildman–Crippen MR) is 165 cm³/mol. The van der Waals surface area contributed by atoms with Crippen LogP contribution in [-0.2, 0) is 16.8 Å². The van der Waals surface area contributed by atoms with Gasteiger partial charge in [-0.1, -0.05) is 43.7 Å². The number of carbonyl (C=O) groups excluding carboxylic acids is 2. The number of hydrogen-bond donors (Lipinski definition) is 1. The highest BCUT2D eigenvalue weighted by molar-refractivity contribution is 8.26. The fourth-order valence-corrected chi connectivity index (χ4v) is 5.91. The number of thioether (sulfide) groups is 1. The second kappa shape index (κ2) is 11.8. The molecule has 1 unspecified atom stereocenters. The van der Waals surface area contributed by atoms with E-state index in [2.05, 4.69) is 18.3 Å². The van der Waals surface area contributed by atoms with E-state index < -0.39 is 5.54 Å². The number of amides is 1. The highest BCUT2D eigenvalue weighted by Crippen LogP contribution is 2.36. The summed E-state index contributed by atoms with van der Waals surface area (Å²) in [5.74, 6) is 2.98. The molecule has 2 heterocycles. The standard InChI is InChI=1S/C34H31NO6S/c1-3-8-22-19-25(40-26-14-16-31-28(21-26)27-11-4-5-12-30(27)41-31)13-15-29(22)39-18-7-17-38-24-10-6-9-23(20-24)34(2)32(36)42-33(37)35-34/h4-6,9-16,19-21H,3,7-8,17-18H2,1-2H3,(H,35,37). The molecule has 0 spiro atoms. The minimum absolute atomic E-state index is 0.218. The van der Waals surface area contributed by atoms with Gasteiger partial charge in [0.05, 0.1) is 13.2 Å². The number of fused-ring (bicyclic) bond motifs is 3. The fourth-order valence-electron chi connectivity index (χ4n) is 5.11. The summed E-state index contributed by atoms with van der Waals surface area (Å²) in [5.41, 5.74) is 2.44. The van der Waals surface area contributed by atoms with Gasteiger partial charge in [0.1, 0.15) is 39.7 Å². The van der Waals surface area contributed by atoms with Gasteiger partial charge in [-0.2, -0.15) is 0 Å². The second-order valence-electron chi connectivity index (χ2n) is 10.4. The summed E-state index contributed by atoms with van der Waals surface area (Å²) in [4.78, 5) is 24.0. The van der Waals surface area contributed by atoms with Crippen molar-refractivity contribution in [2.45, 2.75) is 38.6 Å². The normalized spacial score (nSPS) is 16.6. The van der Waals surface area contributed by atoms with Crippen molar-refractivity contribution in [1.82, 2.24) is 5.32 Å². The van der Waals surface area contributed by atoms with Crippen LogP contribution in [-0.4, -0.2) is 23.6 Å². The van der Waals surface area contributed by atoms with Crippen LogP contribution in [0, 0.1) is 0 Å². The number of rotatable bonds is 11. The first-order chi connectivity index (χ1) is 20.4.